The quantitative estimate of drug-likeness (QED) is 0.896. The summed E-state index contributed by atoms with van der Waals surface area (Å²) < 4.78 is 6.94. The first-order chi connectivity index (χ1) is 8.78. The Morgan fingerprint density at radius 3 is 3.00 bits per heavy atom. The molecule has 0 saturated heterocycles. The minimum Gasteiger partial charge on any atom is -0.493 e. The lowest BCUT2D eigenvalue weighted by molar-refractivity contribution is 0.350. The summed E-state index contributed by atoms with van der Waals surface area (Å²) in [7, 11) is 0. The molecule has 2 nitrogen and oxygen atoms in total. The van der Waals surface area contributed by atoms with Gasteiger partial charge in [-0.1, -0.05) is 22.9 Å². The third kappa shape index (κ3) is 2.57. The van der Waals surface area contributed by atoms with Crippen LogP contribution >= 0.6 is 15.9 Å². The van der Waals surface area contributed by atoms with E-state index in [0.717, 1.165) is 31.2 Å². The van der Waals surface area contributed by atoms with Gasteiger partial charge in [0, 0.05) is 29.0 Å². The third-order valence-corrected chi connectivity index (χ3v) is 4.47. The Kier molecular flexibility index (Phi) is 3.62. The van der Waals surface area contributed by atoms with Crippen molar-refractivity contribution in [1.29, 1.82) is 0 Å². The summed E-state index contributed by atoms with van der Waals surface area (Å²) in [5, 5.41) is 3.70. The van der Waals surface area contributed by atoms with Gasteiger partial charge in [-0.05, 0) is 42.9 Å². The average Bonchev–Trinajstić information content (AvgIpc) is 3.08. The van der Waals surface area contributed by atoms with Crippen molar-refractivity contribution in [2.24, 2.45) is 5.92 Å². The normalized spacial score (nSPS) is 19.4. The molecule has 3 heteroatoms. The van der Waals surface area contributed by atoms with Gasteiger partial charge in [-0.25, -0.2) is 0 Å². The van der Waals surface area contributed by atoms with Crippen molar-refractivity contribution in [3.8, 4) is 5.75 Å². The fourth-order valence-electron chi connectivity index (χ4n) is 2.86. The van der Waals surface area contributed by atoms with Gasteiger partial charge in [0.05, 0.1) is 6.61 Å². The number of hydrogen-bond donors (Lipinski definition) is 1. The van der Waals surface area contributed by atoms with Crippen LogP contribution in [0.1, 0.15) is 37.3 Å². The van der Waals surface area contributed by atoms with E-state index < -0.39 is 0 Å². The van der Waals surface area contributed by atoms with E-state index in [2.05, 4.69) is 40.3 Å². The van der Waals surface area contributed by atoms with Crippen LogP contribution in [0.3, 0.4) is 0 Å². The largest absolute Gasteiger partial charge is 0.493 e. The lowest BCUT2D eigenvalue weighted by Gasteiger charge is -2.17. The van der Waals surface area contributed by atoms with Crippen molar-refractivity contribution in [1.82, 2.24) is 5.32 Å². The van der Waals surface area contributed by atoms with E-state index in [0.29, 0.717) is 6.04 Å². The number of fused-ring (bicyclic) bond motifs is 1. The topological polar surface area (TPSA) is 21.3 Å². The van der Waals surface area contributed by atoms with Gasteiger partial charge in [-0.15, -0.1) is 0 Å². The van der Waals surface area contributed by atoms with Crippen molar-refractivity contribution >= 4 is 15.9 Å². The molecule has 98 valence electrons. The molecule has 0 amide bonds. The van der Waals surface area contributed by atoms with Crippen LogP contribution in [0.15, 0.2) is 16.6 Å². The molecule has 0 aromatic heterocycles. The van der Waals surface area contributed by atoms with E-state index in [-0.39, 0.29) is 0 Å². The molecule has 0 radical (unpaired) electrons. The van der Waals surface area contributed by atoms with Gasteiger partial charge in [0.25, 0.3) is 0 Å². The highest BCUT2D eigenvalue weighted by Gasteiger charge is 2.29. The first-order valence-electron chi connectivity index (χ1n) is 6.95. The molecule has 0 spiro atoms. The predicted octanol–water partition coefficient (Wildman–Crippen LogP) is 3.66. The molecule has 1 fully saturated rings. The Bertz CT molecular complexity index is 442. The Labute approximate surface area is 117 Å². The third-order valence-electron chi connectivity index (χ3n) is 4.01. The summed E-state index contributed by atoms with van der Waals surface area (Å²) in [4.78, 5) is 0. The number of benzene rings is 1. The van der Waals surface area contributed by atoms with E-state index in [9.17, 15) is 0 Å². The van der Waals surface area contributed by atoms with Crippen LogP contribution < -0.4 is 10.1 Å². The highest BCUT2D eigenvalue weighted by Crippen LogP contribution is 2.36. The van der Waals surface area contributed by atoms with Crippen LogP contribution in [-0.4, -0.2) is 12.6 Å². The molecule has 1 saturated carbocycles. The van der Waals surface area contributed by atoms with Gasteiger partial charge >= 0.3 is 0 Å². The predicted molar refractivity (Wildman–Crippen MR) is 77.0 cm³/mol. The maximum atomic E-state index is 5.77. The molecule has 1 atom stereocenters. The highest BCUT2D eigenvalue weighted by molar-refractivity contribution is 9.10. The Balaban J connectivity index is 1.72. The Morgan fingerprint density at radius 1 is 1.44 bits per heavy atom. The van der Waals surface area contributed by atoms with E-state index in [1.165, 1.54) is 34.9 Å². The molecule has 1 aromatic rings. The van der Waals surface area contributed by atoms with Crippen LogP contribution in [0.2, 0.25) is 0 Å². The van der Waals surface area contributed by atoms with Gasteiger partial charge in [0.15, 0.2) is 0 Å². The second kappa shape index (κ2) is 5.22. The second-order valence-electron chi connectivity index (χ2n) is 5.38. The summed E-state index contributed by atoms with van der Waals surface area (Å²) in [6, 6.07) is 5.06. The number of nitrogens with one attached hydrogen (secondary N) is 1. The molecule has 3 rings (SSSR count). The van der Waals surface area contributed by atoms with Crippen molar-refractivity contribution in [2.75, 3.05) is 6.61 Å². The summed E-state index contributed by atoms with van der Waals surface area (Å²) in [5.74, 6) is 2.03. The average molecular weight is 310 g/mol. The van der Waals surface area contributed by atoms with Gasteiger partial charge in [0.1, 0.15) is 5.75 Å². The van der Waals surface area contributed by atoms with E-state index in [4.69, 9.17) is 4.74 Å². The second-order valence-corrected chi connectivity index (χ2v) is 6.30. The summed E-state index contributed by atoms with van der Waals surface area (Å²) in [6.07, 6.45) is 5.07. The number of hydrogen-bond acceptors (Lipinski definition) is 2. The number of ether oxygens (including phenoxy) is 1. The van der Waals surface area contributed by atoms with E-state index >= 15 is 0 Å². The summed E-state index contributed by atoms with van der Waals surface area (Å²) in [6.45, 7) is 4.03. The smallest absolute Gasteiger partial charge is 0.127 e. The highest BCUT2D eigenvalue weighted by atomic mass is 79.9. The van der Waals surface area contributed by atoms with Crippen molar-refractivity contribution < 1.29 is 4.74 Å². The SMILES string of the molecule is CCC(NCc1cc(Br)cc2c1OCC2)C1CC1. The Hall–Kier alpha value is -0.540. The van der Waals surface area contributed by atoms with Crippen molar-refractivity contribution in [2.45, 2.75) is 45.2 Å². The Morgan fingerprint density at radius 2 is 2.28 bits per heavy atom. The van der Waals surface area contributed by atoms with Gasteiger partial charge in [-0.3, -0.25) is 0 Å². The minimum absolute atomic E-state index is 0.682. The van der Waals surface area contributed by atoms with Gasteiger partial charge in [-0.2, -0.15) is 0 Å². The zero-order valence-corrected chi connectivity index (χ0v) is 12.4. The number of rotatable bonds is 5. The lowest BCUT2D eigenvalue weighted by atomic mass is 10.1. The van der Waals surface area contributed by atoms with Crippen LogP contribution in [0.4, 0.5) is 0 Å². The zero-order valence-electron chi connectivity index (χ0n) is 10.8. The molecule has 1 aromatic carbocycles. The molecule has 1 heterocycles. The molecule has 18 heavy (non-hydrogen) atoms. The number of halogens is 1. The van der Waals surface area contributed by atoms with Crippen molar-refractivity contribution in [3.05, 3.63) is 27.7 Å². The zero-order chi connectivity index (χ0) is 12.5. The van der Waals surface area contributed by atoms with Crippen molar-refractivity contribution in [3.63, 3.8) is 0 Å². The van der Waals surface area contributed by atoms with Gasteiger partial charge < -0.3 is 10.1 Å². The lowest BCUT2D eigenvalue weighted by Crippen LogP contribution is -2.29. The summed E-state index contributed by atoms with van der Waals surface area (Å²) >= 11 is 3.60. The molecule has 1 aliphatic heterocycles. The molecule has 2 aliphatic rings. The maximum Gasteiger partial charge on any atom is 0.127 e. The molecular formula is C15H20BrNO. The molecule has 1 unspecified atom stereocenters. The summed E-state index contributed by atoms with van der Waals surface area (Å²) in [5.41, 5.74) is 2.65. The molecule has 1 aliphatic carbocycles. The van der Waals surface area contributed by atoms with Crippen LogP contribution in [0.5, 0.6) is 5.75 Å². The maximum absolute atomic E-state index is 5.77. The molecule has 0 bridgehead atoms. The fourth-order valence-corrected chi connectivity index (χ4v) is 3.41. The minimum atomic E-state index is 0.682. The molecular weight excluding hydrogens is 290 g/mol. The standard InChI is InChI=1S/C15H20BrNO/c1-2-14(10-3-4-10)17-9-12-8-13(16)7-11-5-6-18-15(11)12/h7-8,10,14,17H,2-6,9H2,1H3. The van der Waals surface area contributed by atoms with E-state index in [1.807, 2.05) is 0 Å². The van der Waals surface area contributed by atoms with Crippen LogP contribution in [-0.2, 0) is 13.0 Å². The fraction of sp³-hybridized carbons (Fsp3) is 0.600. The van der Waals surface area contributed by atoms with E-state index in [1.54, 1.807) is 0 Å². The molecule has 1 N–H and O–H groups in total. The monoisotopic (exact) mass is 309 g/mol. The van der Waals surface area contributed by atoms with Crippen LogP contribution in [0.25, 0.3) is 0 Å². The van der Waals surface area contributed by atoms with Crippen LogP contribution in [0, 0.1) is 5.92 Å². The first-order valence-corrected chi connectivity index (χ1v) is 7.74. The first kappa shape index (κ1) is 12.5. The van der Waals surface area contributed by atoms with Gasteiger partial charge in [0.2, 0.25) is 0 Å².